The molecule has 1 saturated heterocycles. The highest BCUT2D eigenvalue weighted by Gasteiger charge is 2.45. The minimum absolute atomic E-state index is 0.559. The molecule has 128 valence electrons. The predicted octanol–water partition coefficient (Wildman–Crippen LogP) is 5.30. The normalized spacial score (nSPS) is 20.6. The monoisotopic (exact) mass is 314 g/mol. The van der Waals surface area contributed by atoms with E-state index in [1.165, 1.54) is 11.1 Å². The molecule has 2 heteroatoms. The molecule has 1 aliphatic rings. The summed E-state index contributed by atoms with van der Waals surface area (Å²) in [5.74, 6) is 0. The van der Waals surface area contributed by atoms with E-state index in [9.17, 15) is 0 Å². The van der Waals surface area contributed by atoms with Gasteiger partial charge in [0, 0.05) is 0 Å². The van der Waals surface area contributed by atoms with Gasteiger partial charge in [-0.05, 0) is 32.3 Å². The highest BCUT2D eigenvalue weighted by molar-refractivity contribution is 5.34. The van der Waals surface area contributed by atoms with Crippen molar-refractivity contribution < 1.29 is 0 Å². The molecule has 3 rings (SSSR count). The van der Waals surface area contributed by atoms with Crippen molar-refractivity contribution >= 4 is 0 Å². The van der Waals surface area contributed by atoms with E-state index >= 15 is 0 Å². The number of nitrogens with one attached hydrogen (secondary N) is 1. The summed E-state index contributed by atoms with van der Waals surface area (Å²) in [5.41, 5.74) is 2.83. The van der Waals surface area contributed by atoms with E-state index in [1.807, 2.05) is 41.8 Å². The molecule has 2 aromatic carbocycles. The number of hydrogen-bond donors (Lipinski definition) is 1. The molecule has 0 aliphatic carbocycles. The van der Waals surface area contributed by atoms with Gasteiger partial charge in [-0.3, -0.25) is 4.90 Å². The molecule has 23 heavy (non-hydrogen) atoms. The van der Waals surface area contributed by atoms with Crippen molar-refractivity contribution in [2.24, 2.45) is 0 Å². The maximum atomic E-state index is 2.75. The Hall–Kier alpha value is -1.64. The molecule has 0 bridgehead atoms. The fourth-order valence-corrected chi connectivity index (χ4v) is 2.47. The van der Waals surface area contributed by atoms with Gasteiger partial charge in [0.15, 0.2) is 0 Å². The zero-order valence-corrected chi connectivity index (χ0v) is 15.9. The van der Waals surface area contributed by atoms with Crippen LogP contribution in [0.3, 0.4) is 0 Å². The van der Waals surface area contributed by atoms with Gasteiger partial charge in [0.25, 0.3) is 0 Å². The summed E-state index contributed by atoms with van der Waals surface area (Å²) in [6, 6.07) is 22.6. The Kier molecular flexibility index (Phi) is 11.9. The van der Waals surface area contributed by atoms with Gasteiger partial charge in [-0.1, -0.05) is 88.4 Å². The summed E-state index contributed by atoms with van der Waals surface area (Å²) in [6.45, 7) is 8.00. The quantitative estimate of drug-likeness (QED) is 0.756. The van der Waals surface area contributed by atoms with Gasteiger partial charge in [-0.15, -0.1) is 0 Å². The summed E-state index contributed by atoms with van der Waals surface area (Å²) in [7, 11) is 5.94. The third-order valence-corrected chi connectivity index (χ3v) is 3.37. The topological polar surface area (TPSA) is 15.0 Å². The van der Waals surface area contributed by atoms with Crippen molar-refractivity contribution in [2.45, 2.75) is 39.8 Å². The van der Waals surface area contributed by atoms with Crippen LogP contribution in [0.25, 0.3) is 0 Å². The lowest BCUT2D eigenvalue weighted by atomic mass is 10.0. The average Bonchev–Trinajstić information content (AvgIpc) is 3.32. The van der Waals surface area contributed by atoms with Crippen molar-refractivity contribution in [3.8, 4) is 0 Å². The zero-order valence-electron chi connectivity index (χ0n) is 15.9. The zero-order chi connectivity index (χ0) is 17.7. The molecule has 1 heterocycles. The van der Waals surface area contributed by atoms with Gasteiger partial charge in [0.2, 0.25) is 0 Å². The molecule has 1 aliphatic heterocycles. The van der Waals surface area contributed by atoms with Crippen molar-refractivity contribution in [1.29, 1.82) is 0 Å². The van der Waals surface area contributed by atoms with Gasteiger partial charge in [-0.25, -0.2) is 0 Å². The maximum absolute atomic E-state index is 2.75. The van der Waals surface area contributed by atoms with Crippen LogP contribution in [0, 0.1) is 0 Å². The largest absolute Gasteiger partial charge is 0.323 e. The van der Waals surface area contributed by atoms with Crippen molar-refractivity contribution in [2.75, 3.05) is 21.1 Å². The summed E-state index contributed by atoms with van der Waals surface area (Å²) < 4.78 is 0. The lowest BCUT2D eigenvalue weighted by molar-refractivity contribution is 0.596. The molecule has 1 fully saturated rings. The number of hydrogen-bond acceptors (Lipinski definition) is 2. The first-order valence-electron chi connectivity index (χ1n) is 8.70. The molecule has 0 radical (unpaired) electrons. The van der Waals surface area contributed by atoms with E-state index in [2.05, 4.69) is 77.9 Å². The van der Waals surface area contributed by atoms with Crippen LogP contribution in [0.15, 0.2) is 60.7 Å². The Balaban J connectivity index is 0.000000609. The summed E-state index contributed by atoms with van der Waals surface area (Å²) in [5, 5.41) is 2.75. The van der Waals surface area contributed by atoms with Crippen molar-refractivity contribution in [1.82, 2.24) is 10.2 Å². The first-order valence-corrected chi connectivity index (χ1v) is 8.70. The molecule has 2 atom stereocenters. The first kappa shape index (κ1) is 21.4. The Morgan fingerprint density at radius 3 is 1.17 bits per heavy atom. The number of nitrogens with zero attached hydrogens (tertiary/aromatic N) is 1. The van der Waals surface area contributed by atoms with Gasteiger partial charge in [0.05, 0.1) is 12.1 Å². The fourth-order valence-electron chi connectivity index (χ4n) is 2.47. The lowest BCUT2D eigenvalue weighted by Crippen LogP contribution is -1.89. The highest BCUT2D eigenvalue weighted by atomic mass is 15.3. The van der Waals surface area contributed by atoms with Gasteiger partial charge >= 0.3 is 0 Å². The first-order chi connectivity index (χ1) is 11.3. The van der Waals surface area contributed by atoms with Crippen molar-refractivity contribution in [3.63, 3.8) is 0 Å². The Labute approximate surface area is 143 Å². The van der Waals surface area contributed by atoms with Crippen LogP contribution in [0.2, 0.25) is 0 Å². The predicted molar refractivity (Wildman–Crippen MR) is 104 cm³/mol. The van der Waals surface area contributed by atoms with Crippen LogP contribution < -0.4 is 5.32 Å². The van der Waals surface area contributed by atoms with Crippen molar-refractivity contribution in [3.05, 3.63) is 71.8 Å². The fraction of sp³-hybridized carbons (Fsp3) is 0.429. The molecule has 0 saturated carbocycles. The number of benzene rings is 2. The standard InChI is InChI=1S/C15H15N.C2H7N.2C2H6/c1-16-14(12-8-4-2-5-9-12)15(16)13-10-6-3-7-11-13;1-3-2;2*1-2/h2-11,14-15H,1H3;3H,1-2H3;2*1-2H3. The van der Waals surface area contributed by atoms with Crippen LogP contribution in [0.4, 0.5) is 0 Å². The molecule has 2 aromatic rings. The summed E-state index contributed by atoms with van der Waals surface area (Å²) in [4.78, 5) is 2.41. The second kappa shape index (κ2) is 12.9. The second-order valence-corrected chi connectivity index (χ2v) is 4.88. The molecule has 0 amide bonds. The third-order valence-electron chi connectivity index (χ3n) is 3.37. The maximum Gasteiger partial charge on any atom is 0.0549 e. The van der Waals surface area contributed by atoms with E-state index in [1.54, 1.807) is 0 Å². The van der Waals surface area contributed by atoms with Crippen LogP contribution in [-0.4, -0.2) is 26.0 Å². The van der Waals surface area contributed by atoms with E-state index in [0.29, 0.717) is 12.1 Å². The minimum Gasteiger partial charge on any atom is -0.323 e. The Morgan fingerprint density at radius 2 is 0.913 bits per heavy atom. The molecule has 1 N–H and O–H groups in total. The molecular weight excluding hydrogens is 280 g/mol. The minimum atomic E-state index is 0.559. The smallest absolute Gasteiger partial charge is 0.0549 e. The Morgan fingerprint density at radius 1 is 0.652 bits per heavy atom. The second-order valence-electron chi connectivity index (χ2n) is 4.88. The molecule has 2 nitrogen and oxygen atoms in total. The van der Waals surface area contributed by atoms with Crippen LogP contribution >= 0.6 is 0 Å². The van der Waals surface area contributed by atoms with Gasteiger partial charge in [0.1, 0.15) is 0 Å². The summed E-state index contributed by atoms with van der Waals surface area (Å²) in [6.07, 6.45) is 0. The van der Waals surface area contributed by atoms with Crippen LogP contribution in [0.1, 0.15) is 50.9 Å². The Bertz CT molecular complexity index is 436. The number of rotatable bonds is 2. The lowest BCUT2D eigenvalue weighted by Gasteiger charge is -1.97. The molecule has 0 spiro atoms. The van der Waals surface area contributed by atoms with Gasteiger partial charge in [-0.2, -0.15) is 0 Å². The summed E-state index contributed by atoms with van der Waals surface area (Å²) >= 11 is 0. The van der Waals surface area contributed by atoms with Crippen LogP contribution in [-0.2, 0) is 0 Å². The molecule has 0 aromatic heterocycles. The van der Waals surface area contributed by atoms with Crippen LogP contribution in [0.5, 0.6) is 0 Å². The van der Waals surface area contributed by atoms with E-state index in [0.717, 1.165) is 0 Å². The number of likely N-dealkylation sites (N-methyl/N-ethyl adjacent to an activating group) is 1. The van der Waals surface area contributed by atoms with E-state index < -0.39 is 0 Å². The highest BCUT2D eigenvalue weighted by Crippen LogP contribution is 2.52. The molecular formula is C21H34N2. The SMILES string of the molecule is CC.CC.CN1C(c2ccccc2)C1c1ccccc1.CNC. The van der Waals surface area contributed by atoms with Gasteiger partial charge < -0.3 is 5.32 Å². The van der Waals surface area contributed by atoms with E-state index in [-0.39, 0.29) is 0 Å². The van der Waals surface area contributed by atoms with E-state index in [4.69, 9.17) is 0 Å². The molecule has 2 unspecified atom stereocenters. The average molecular weight is 315 g/mol. The third kappa shape index (κ3) is 6.55.